The Morgan fingerprint density at radius 2 is 2.05 bits per heavy atom. The van der Waals surface area contributed by atoms with Crippen LogP contribution >= 0.6 is 23.4 Å². The zero-order chi connectivity index (χ0) is 15.5. The Kier molecular flexibility index (Phi) is 4.95. The number of thioether (sulfide) groups is 1. The molecule has 0 unspecified atom stereocenters. The van der Waals surface area contributed by atoms with Crippen LogP contribution in [0, 0.1) is 0 Å². The van der Waals surface area contributed by atoms with Gasteiger partial charge in [-0.25, -0.2) is 9.97 Å². The average molecular weight is 335 g/mol. The largest absolute Gasteiger partial charge is 0.495 e. The van der Waals surface area contributed by atoms with E-state index in [0.717, 1.165) is 29.6 Å². The van der Waals surface area contributed by atoms with E-state index in [0.29, 0.717) is 16.5 Å². The van der Waals surface area contributed by atoms with E-state index in [1.54, 1.807) is 18.2 Å². The van der Waals surface area contributed by atoms with Gasteiger partial charge in [0.1, 0.15) is 11.4 Å². The first-order valence-electron chi connectivity index (χ1n) is 5.75. The van der Waals surface area contributed by atoms with E-state index in [2.05, 4.69) is 9.97 Å². The molecule has 0 radical (unpaired) electrons. The standard InChI is InChI=1S/C13H10ClF3N2OS/c1-20-10-3-2-8(6-9(10)14)7-21-12-18-5-4-11(19-12)13(15,16)17/h2-6H,7H2,1H3. The molecule has 0 aliphatic rings. The number of aromatic nitrogens is 2. The molecule has 0 N–H and O–H groups in total. The van der Waals surface area contributed by atoms with Crippen molar-refractivity contribution in [3.8, 4) is 5.75 Å². The highest BCUT2D eigenvalue weighted by Crippen LogP contribution is 2.30. The van der Waals surface area contributed by atoms with Crippen molar-refractivity contribution in [3.05, 3.63) is 46.7 Å². The van der Waals surface area contributed by atoms with E-state index in [4.69, 9.17) is 16.3 Å². The lowest BCUT2D eigenvalue weighted by atomic mass is 10.2. The summed E-state index contributed by atoms with van der Waals surface area (Å²) in [6.07, 6.45) is -3.37. The van der Waals surface area contributed by atoms with Crippen LogP contribution in [0.3, 0.4) is 0 Å². The monoisotopic (exact) mass is 334 g/mol. The topological polar surface area (TPSA) is 35.0 Å². The van der Waals surface area contributed by atoms with Crippen molar-refractivity contribution < 1.29 is 17.9 Å². The Balaban J connectivity index is 2.08. The van der Waals surface area contributed by atoms with Crippen molar-refractivity contribution >= 4 is 23.4 Å². The summed E-state index contributed by atoms with van der Waals surface area (Å²) in [6, 6.07) is 6.02. The van der Waals surface area contributed by atoms with Gasteiger partial charge in [-0.3, -0.25) is 0 Å². The second-order valence-corrected chi connectivity index (χ2v) is 5.33. The fourth-order valence-electron chi connectivity index (χ4n) is 1.52. The summed E-state index contributed by atoms with van der Waals surface area (Å²) in [4.78, 5) is 7.30. The van der Waals surface area contributed by atoms with Gasteiger partial charge in [0.05, 0.1) is 12.1 Å². The number of halogens is 4. The zero-order valence-electron chi connectivity index (χ0n) is 10.8. The van der Waals surface area contributed by atoms with E-state index in [1.165, 1.54) is 7.11 Å². The van der Waals surface area contributed by atoms with Gasteiger partial charge in [0, 0.05) is 11.9 Å². The SMILES string of the molecule is COc1ccc(CSc2nccc(C(F)(F)F)n2)cc1Cl. The van der Waals surface area contributed by atoms with Gasteiger partial charge < -0.3 is 4.74 Å². The Morgan fingerprint density at radius 3 is 2.67 bits per heavy atom. The highest BCUT2D eigenvalue weighted by Gasteiger charge is 2.32. The van der Waals surface area contributed by atoms with Crippen LogP contribution in [-0.4, -0.2) is 17.1 Å². The van der Waals surface area contributed by atoms with Gasteiger partial charge in [-0.05, 0) is 23.8 Å². The molecule has 1 aromatic carbocycles. The molecule has 0 saturated carbocycles. The lowest BCUT2D eigenvalue weighted by Crippen LogP contribution is -2.08. The highest BCUT2D eigenvalue weighted by molar-refractivity contribution is 7.98. The minimum atomic E-state index is -4.47. The fourth-order valence-corrected chi connectivity index (χ4v) is 2.57. The van der Waals surface area contributed by atoms with Gasteiger partial charge in [-0.15, -0.1) is 0 Å². The van der Waals surface area contributed by atoms with Gasteiger partial charge in [-0.2, -0.15) is 13.2 Å². The summed E-state index contributed by atoms with van der Waals surface area (Å²) in [6.45, 7) is 0. The van der Waals surface area contributed by atoms with Crippen LogP contribution in [0.5, 0.6) is 5.75 Å². The van der Waals surface area contributed by atoms with Crippen molar-refractivity contribution in [2.45, 2.75) is 17.1 Å². The minimum Gasteiger partial charge on any atom is -0.495 e. The lowest BCUT2D eigenvalue weighted by molar-refractivity contribution is -0.141. The molecule has 0 amide bonds. The third-order valence-corrected chi connectivity index (χ3v) is 3.74. The molecule has 0 saturated heterocycles. The Labute approximate surface area is 128 Å². The number of hydrogen-bond donors (Lipinski definition) is 0. The smallest absolute Gasteiger partial charge is 0.433 e. The first-order chi connectivity index (χ1) is 9.90. The molecule has 1 aromatic heterocycles. The predicted octanol–water partition coefficient (Wildman–Crippen LogP) is 4.45. The molecule has 0 fully saturated rings. The molecule has 8 heteroatoms. The maximum Gasteiger partial charge on any atom is 0.433 e. The minimum absolute atomic E-state index is 0.0664. The van der Waals surface area contributed by atoms with Crippen molar-refractivity contribution in [3.63, 3.8) is 0 Å². The fraction of sp³-hybridized carbons (Fsp3) is 0.231. The molecule has 21 heavy (non-hydrogen) atoms. The highest BCUT2D eigenvalue weighted by atomic mass is 35.5. The van der Waals surface area contributed by atoms with Crippen LogP contribution in [0.15, 0.2) is 35.6 Å². The summed E-state index contributed by atoms with van der Waals surface area (Å²) < 4.78 is 42.6. The van der Waals surface area contributed by atoms with Crippen LogP contribution in [0.1, 0.15) is 11.3 Å². The van der Waals surface area contributed by atoms with Gasteiger partial charge in [-0.1, -0.05) is 29.4 Å². The molecule has 0 bridgehead atoms. The van der Waals surface area contributed by atoms with Crippen molar-refractivity contribution in [1.82, 2.24) is 9.97 Å². The number of hydrogen-bond acceptors (Lipinski definition) is 4. The van der Waals surface area contributed by atoms with E-state index in [9.17, 15) is 13.2 Å². The maximum absolute atomic E-state index is 12.5. The summed E-state index contributed by atoms with van der Waals surface area (Å²) in [7, 11) is 1.51. The Morgan fingerprint density at radius 1 is 1.29 bits per heavy atom. The van der Waals surface area contributed by atoms with Crippen LogP contribution < -0.4 is 4.74 Å². The summed E-state index contributed by atoms with van der Waals surface area (Å²) in [5.74, 6) is 0.950. The van der Waals surface area contributed by atoms with Crippen LogP contribution in [0.4, 0.5) is 13.2 Å². The molecule has 3 nitrogen and oxygen atoms in total. The lowest BCUT2D eigenvalue weighted by Gasteiger charge is -2.07. The normalized spacial score (nSPS) is 11.5. The van der Waals surface area contributed by atoms with Crippen LogP contribution in [0.25, 0.3) is 0 Å². The van der Waals surface area contributed by atoms with Crippen molar-refractivity contribution in [2.24, 2.45) is 0 Å². The molecule has 0 atom stereocenters. The van der Waals surface area contributed by atoms with Gasteiger partial charge >= 0.3 is 6.18 Å². The van der Waals surface area contributed by atoms with E-state index < -0.39 is 11.9 Å². The summed E-state index contributed by atoms with van der Waals surface area (Å²) >= 11 is 7.09. The second kappa shape index (κ2) is 6.53. The number of benzene rings is 1. The second-order valence-electron chi connectivity index (χ2n) is 3.98. The van der Waals surface area contributed by atoms with E-state index in [1.807, 2.05) is 0 Å². The molecule has 1 heterocycles. The summed E-state index contributed by atoms with van der Waals surface area (Å²) in [5.41, 5.74) is -0.112. The van der Waals surface area contributed by atoms with E-state index in [-0.39, 0.29) is 5.16 Å². The predicted molar refractivity (Wildman–Crippen MR) is 74.6 cm³/mol. The number of ether oxygens (including phenoxy) is 1. The summed E-state index contributed by atoms with van der Waals surface area (Å²) in [5, 5.41) is 0.511. The molecule has 0 spiro atoms. The molecule has 0 aliphatic heterocycles. The Hall–Kier alpha value is -1.47. The van der Waals surface area contributed by atoms with E-state index >= 15 is 0 Å². The van der Waals surface area contributed by atoms with Gasteiger partial charge in [0.25, 0.3) is 0 Å². The third-order valence-electron chi connectivity index (χ3n) is 2.51. The average Bonchev–Trinajstić information content (AvgIpc) is 2.45. The molecule has 2 rings (SSSR count). The maximum atomic E-state index is 12.5. The zero-order valence-corrected chi connectivity index (χ0v) is 12.4. The Bertz CT molecular complexity index is 637. The van der Waals surface area contributed by atoms with Crippen LogP contribution in [-0.2, 0) is 11.9 Å². The first kappa shape index (κ1) is 15.9. The van der Waals surface area contributed by atoms with Crippen LogP contribution in [0.2, 0.25) is 5.02 Å². The molecular weight excluding hydrogens is 325 g/mol. The van der Waals surface area contributed by atoms with Crippen molar-refractivity contribution in [1.29, 1.82) is 0 Å². The number of methoxy groups -OCH3 is 1. The molecule has 112 valence electrons. The molecular formula is C13H10ClF3N2OS. The molecule has 0 aliphatic carbocycles. The number of nitrogens with zero attached hydrogens (tertiary/aromatic N) is 2. The quantitative estimate of drug-likeness (QED) is 0.611. The third kappa shape index (κ3) is 4.25. The van der Waals surface area contributed by atoms with Gasteiger partial charge in [0.2, 0.25) is 0 Å². The molecule has 2 aromatic rings. The van der Waals surface area contributed by atoms with Crippen molar-refractivity contribution in [2.75, 3.05) is 7.11 Å². The number of alkyl halides is 3. The first-order valence-corrected chi connectivity index (χ1v) is 7.12. The number of rotatable bonds is 4. The van der Waals surface area contributed by atoms with Gasteiger partial charge in [0.15, 0.2) is 5.16 Å².